The number of thiol groups is 2. The van der Waals surface area contributed by atoms with Gasteiger partial charge in [-0.3, -0.25) is 95.3 Å². The lowest BCUT2D eigenvalue weighted by atomic mass is 10.1. The van der Waals surface area contributed by atoms with Gasteiger partial charge in [0.1, 0.15) is 37.1 Å². The molecule has 7 aliphatic heterocycles. The van der Waals surface area contributed by atoms with Crippen molar-refractivity contribution in [3.63, 3.8) is 0 Å². The van der Waals surface area contributed by atoms with Gasteiger partial charge in [0.25, 0.3) is 27.8 Å². The molecule has 5 aromatic rings. The number of aromatic nitrogens is 10. The minimum Gasteiger partial charge on any atom is -0.463 e. The minimum atomic E-state index is -5.19. The van der Waals surface area contributed by atoms with Gasteiger partial charge in [0.2, 0.25) is 15.9 Å². The van der Waals surface area contributed by atoms with Crippen molar-refractivity contribution < 1.29 is 151 Å². The Bertz CT molecular complexity index is 5210. The highest BCUT2D eigenvalue weighted by Crippen LogP contribution is 2.45. The average Bonchev–Trinajstić information content (AvgIpc) is 1.65. The van der Waals surface area contributed by atoms with Gasteiger partial charge < -0.3 is 93.7 Å². The number of esters is 4. The smallest absolute Gasteiger partial charge is 0.463 e. The van der Waals surface area contributed by atoms with E-state index in [4.69, 9.17) is 52.8 Å². The summed E-state index contributed by atoms with van der Waals surface area (Å²) in [6, 6.07) is 6.32. The topological polar surface area (TPSA) is 649 Å². The van der Waals surface area contributed by atoms with Crippen molar-refractivity contribution in [2.45, 2.75) is 188 Å². The van der Waals surface area contributed by atoms with Gasteiger partial charge in [-0.1, -0.05) is 57.5 Å². The number of nitrogens with zero attached hydrogens (tertiary/aromatic N) is 8. The van der Waals surface area contributed by atoms with Gasteiger partial charge in [0.15, 0.2) is 49.5 Å². The Balaban J connectivity index is 0.000000271. The van der Waals surface area contributed by atoms with Gasteiger partial charge in [-0.25, -0.2) is 27.1 Å². The fourth-order valence-electron chi connectivity index (χ4n) is 11.8. The Morgan fingerprint density at radius 2 is 0.945 bits per heavy atom. The average molecular weight is 1970 g/mol. The summed E-state index contributed by atoms with van der Waals surface area (Å²) in [6.45, 7) is 6.70. The summed E-state index contributed by atoms with van der Waals surface area (Å²) in [5.74, 6) is -6.05. The van der Waals surface area contributed by atoms with Gasteiger partial charge in [0.05, 0.1) is 66.2 Å². The van der Waals surface area contributed by atoms with E-state index in [-0.39, 0.29) is 78.9 Å². The van der Waals surface area contributed by atoms with Crippen molar-refractivity contribution in [1.29, 1.82) is 0 Å². The van der Waals surface area contributed by atoms with E-state index < -0.39 is 225 Å². The number of ether oxygens (including phenoxy) is 10. The molecule has 0 aromatic carbocycles. The van der Waals surface area contributed by atoms with E-state index in [0.29, 0.717) is 25.0 Å². The fraction of sp³-hybridized carbons (Fsp3) is 0.603. The number of hydrogen-bond acceptors (Lipinski definition) is 42. The van der Waals surface area contributed by atoms with Crippen LogP contribution in [-0.2, 0) is 81.5 Å². The molecule has 128 heavy (non-hydrogen) atoms. The van der Waals surface area contributed by atoms with Crippen molar-refractivity contribution in [3.8, 4) is 12.0 Å². The molecule has 5 unspecified atom stereocenters. The molecule has 0 spiro atoms. The van der Waals surface area contributed by atoms with Crippen LogP contribution in [0.3, 0.4) is 0 Å². The second-order valence-electron chi connectivity index (χ2n) is 26.7. The zero-order valence-electron chi connectivity index (χ0n) is 67.0. The Morgan fingerprint density at radius 1 is 0.547 bits per heavy atom. The number of rotatable bonds is 23. The number of aliphatic hydroxyl groups is 7. The van der Waals surface area contributed by atoms with Crippen molar-refractivity contribution in [2.24, 2.45) is 0 Å². The third-order valence-corrected chi connectivity index (χ3v) is 24.9. The number of alkyl halides is 6. The number of H-pyrrole nitrogens is 3. The van der Waals surface area contributed by atoms with Crippen molar-refractivity contribution in [2.75, 3.05) is 69.6 Å². The maximum Gasteiger partial charge on any atom is 0.472 e. The second-order valence-corrected chi connectivity index (χ2v) is 35.0. The van der Waals surface area contributed by atoms with E-state index in [1.54, 1.807) is 5.32 Å². The van der Waals surface area contributed by atoms with Crippen LogP contribution in [0.2, 0.25) is 0 Å². The normalized spacial score (nSPS) is 25.9. The zero-order valence-corrected chi connectivity index (χ0v) is 72.9. The molecule has 0 radical (unpaired) electrons. The summed E-state index contributed by atoms with van der Waals surface area (Å²) in [5.41, 5.74) is -4.43. The molecule has 5 fully saturated rings. The molecule has 7 aliphatic rings. The molecular weight excluding hydrogens is 1880 g/mol. The molecule has 5 saturated heterocycles. The lowest BCUT2D eigenvalue weighted by molar-refractivity contribution is -0.180. The molecule has 12 heterocycles. The summed E-state index contributed by atoms with van der Waals surface area (Å²) in [6.07, 6.45) is -15.1. The molecule has 20 atom stereocenters. The standard InChI is InChI=1S/C14H21N3O5S2.C13H16F3N3O6S2.C13H14N2O7.C9H12N2O5S.C9H10N2O5.C5H8F3NO3S2.C4H6O3.CH4/c1-3-9-11(20)12(24-23-7-5-15-8(2)18)13(22-9)17-6-4-10(19)16-14(17)21;14-13(15,16)11(23)17-2-4-26-27-9-8(22)6(5-20)25-10(9)19-3-1-7(21)18-12(19)24;1-6(16)19-5-8-10(20-7(2)17)11-12(21-8)15-4-3-9(18)14-13(15)22-11;12-3-4-6(14)7(17)8(16-4)11-2-1-5(13)10-9(11)15;12-3-4-6(14)7-8(15-4)11-2-1-5(13)10-9(11)16-7;1-14(11,12)9(2-3-13)4(10)5(6,7)8;1-3(5)7-4(2)6;/h4,6,9,11-13,20H,3,5,7H2,1-2H3,(H,15,18)(H,16,19,21);1,3,6,8-10,20,22H,2,4-5H2,(H,17,23)(H,18,21,24);3-4,8,10-12H,5H2,1-2H3;1-2,4,6-8,12,14,17H,3H2,(H,10,13,15);1-2,4,6-8,12,14H,3H2;13H,2-3H2,1H3;1-2H3;1H4/t9-,11?,12+,13-;6-,8?,9+,10-;8-,10?,11-,12-;4-,6?,7+,8-;4-,6?,7-,8-;;;/m11111.../s1. The summed E-state index contributed by atoms with van der Waals surface area (Å²) in [5, 5.41) is 70.0. The number of aliphatic hydroxyl groups excluding tert-OH is 7. The highest BCUT2D eigenvalue weighted by molar-refractivity contribution is 8.77. The van der Waals surface area contributed by atoms with E-state index >= 15 is 0 Å². The third kappa shape index (κ3) is 30.8. The van der Waals surface area contributed by atoms with Gasteiger partial charge in [-0.2, -0.15) is 61.6 Å². The minimum absolute atomic E-state index is 0. The molecule has 12 N–H and O–H groups in total. The van der Waals surface area contributed by atoms with Gasteiger partial charge in [-0.15, -0.1) is 0 Å². The molecule has 12 rings (SSSR count). The van der Waals surface area contributed by atoms with Crippen LogP contribution in [0.1, 0.15) is 86.5 Å². The van der Waals surface area contributed by atoms with Crippen molar-refractivity contribution >= 4 is 120 Å². The fourth-order valence-corrected chi connectivity index (χ4v) is 18.7. The molecule has 0 aliphatic carbocycles. The monoisotopic (exact) mass is 1970 g/mol. The Kier molecular flexibility index (Phi) is 42.7. The summed E-state index contributed by atoms with van der Waals surface area (Å²) in [7, 11) is 0.799. The molecule has 5 aromatic heterocycles. The second kappa shape index (κ2) is 49.9. The summed E-state index contributed by atoms with van der Waals surface area (Å²) < 4.78 is 153. The first kappa shape index (κ1) is 110. The van der Waals surface area contributed by atoms with Crippen LogP contribution in [0.5, 0.6) is 12.0 Å². The number of amides is 3. The van der Waals surface area contributed by atoms with E-state index in [1.807, 2.05) is 11.9 Å². The molecule has 0 saturated carbocycles. The number of sulfonamides is 1. The lowest BCUT2D eigenvalue weighted by Gasteiger charge is -2.20. The van der Waals surface area contributed by atoms with Crippen LogP contribution >= 0.6 is 68.4 Å². The van der Waals surface area contributed by atoms with Crippen LogP contribution in [0.15, 0.2) is 99.7 Å². The zero-order chi connectivity index (χ0) is 95.0. The number of carbonyl (C=O) groups excluding carboxylic acids is 7. The van der Waals surface area contributed by atoms with Crippen LogP contribution in [-0.4, -0.2) is 309 Å². The molecule has 716 valence electrons. The summed E-state index contributed by atoms with van der Waals surface area (Å²) >= 11 is 7.70. The van der Waals surface area contributed by atoms with Gasteiger partial charge >= 0.3 is 77.1 Å². The first-order valence-electron chi connectivity index (χ1n) is 36.8. The Morgan fingerprint density at radius 3 is 1.34 bits per heavy atom. The maximum atomic E-state index is 12.1. The third-order valence-electron chi connectivity index (χ3n) is 17.4. The quantitative estimate of drug-likeness (QED) is 0.00564. The Hall–Kier alpha value is -8.96. The highest BCUT2D eigenvalue weighted by Gasteiger charge is 2.55. The van der Waals surface area contributed by atoms with Crippen LogP contribution < -0.4 is 65.0 Å². The lowest BCUT2D eigenvalue weighted by Crippen LogP contribution is -2.45. The first-order chi connectivity index (χ1) is 59.5. The largest absolute Gasteiger partial charge is 0.472 e. The number of halogens is 6. The first-order valence-corrected chi connectivity index (χ1v) is 44.6. The van der Waals surface area contributed by atoms with Crippen molar-refractivity contribution in [3.05, 3.63) is 145 Å². The Labute approximate surface area is 744 Å². The number of fused-ring (bicyclic) bond motifs is 6. The molecular formula is C68H91F6N13O34S7. The van der Waals surface area contributed by atoms with Crippen LogP contribution in [0, 0.1) is 0 Å². The van der Waals surface area contributed by atoms with E-state index in [1.165, 1.54) is 125 Å². The van der Waals surface area contributed by atoms with E-state index in [9.17, 15) is 132 Å². The van der Waals surface area contributed by atoms with Crippen LogP contribution in [0.4, 0.5) is 26.3 Å². The van der Waals surface area contributed by atoms with Gasteiger partial charge in [-0.05, 0) is 6.42 Å². The number of nitrogens with one attached hydrogen (secondary N) is 5. The predicted molar refractivity (Wildman–Crippen MR) is 441 cm³/mol. The maximum absolute atomic E-state index is 12.1. The summed E-state index contributed by atoms with van der Waals surface area (Å²) in [4.78, 5) is 179. The molecule has 3 amide bonds. The number of aromatic amines is 3. The highest BCUT2D eigenvalue weighted by atomic mass is 33.1. The molecule has 0 bridgehead atoms. The van der Waals surface area contributed by atoms with Crippen molar-refractivity contribution in [1.82, 2.24) is 62.7 Å². The van der Waals surface area contributed by atoms with E-state index in [0.717, 1.165) is 36.8 Å². The molecule has 60 heteroatoms. The SMILES string of the molecule is C.CC(=O)OC(C)=O.CC(=O)OC[C@H]1O[C@@H]2[C@H](Oc3nc(=O)ccn32)C1OC(C)=O.CC[C@H]1O[C@@H](n2ccc(=O)[nH]c2=O)[C@@H](SSCCNC(C)=O)C1O.CS(=O)(=O)N(CCS)C(=O)C(F)(F)F.O=C(NCCSS[C@H]1C(O)[C@@H](CO)O[C@H]1n1ccc(=O)[nH]c1=O)C(F)(F)F.O=c1ccn([C@@H]2O[C@H](CO)C(O)[C@@H]2S)c(=O)[nH]1.O=c1ccn2c(n1)O[C@@H]1C(O)[C@@H](CO)O[C@H]12. The predicted octanol–water partition coefficient (Wildman–Crippen LogP) is -3.96. The van der Waals surface area contributed by atoms with E-state index in [2.05, 4.69) is 55.2 Å². The number of carbonyl (C=O) groups is 7. The molecule has 47 nitrogen and oxygen atoms in total. The van der Waals surface area contributed by atoms with Gasteiger partial charge in [0, 0.05) is 133 Å². The number of hydrogen-bond donors (Lipinski definition) is 14. The van der Waals surface area contributed by atoms with Crippen LogP contribution in [0.25, 0.3) is 0 Å².